The lowest BCUT2D eigenvalue weighted by Gasteiger charge is -2.21. The van der Waals surface area contributed by atoms with Gasteiger partial charge in [0, 0.05) is 24.3 Å². The van der Waals surface area contributed by atoms with E-state index >= 15 is 0 Å². The summed E-state index contributed by atoms with van der Waals surface area (Å²) < 4.78 is 9.13. The van der Waals surface area contributed by atoms with Crippen LogP contribution >= 0.6 is 0 Å². The van der Waals surface area contributed by atoms with Crippen molar-refractivity contribution in [3.63, 3.8) is 0 Å². The van der Waals surface area contributed by atoms with E-state index in [1.165, 1.54) is 14.2 Å². The largest absolute Gasteiger partial charge is 0.453 e. The zero-order valence-corrected chi connectivity index (χ0v) is 29.8. The van der Waals surface area contributed by atoms with Gasteiger partial charge in [-0.2, -0.15) is 0 Å². The summed E-state index contributed by atoms with van der Waals surface area (Å²) in [4.78, 5) is 67.5. The van der Waals surface area contributed by atoms with Gasteiger partial charge in [0.1, 0.15) is 24.7 Å². The lowest BCUT2D eigenvalue weighted by Crippen LogP contribution is -2.40. The molecule has 4 N–H and O–H groups in total. The molecule has 0 aliphatic carbocycles. The van der Waals surface area contributed by atoms with E-state index in [0.29, 0.717) is 24.7 Å². The fourth-order valence-corrected chi connectivity index (χ4v) is 5.49. The number of nitrogens with zero attached hydrogens (tertiary/aromatic N) is 4. The van der Waals surface area contributed by atoms with Crippen molar-refractivity contribution >= 4 is 46.4 Å². The van der Waals surface area contributed by atoms with Crippen LogP contribution in [0, 0.1) is 6.92 Å². The summed E-state index contributed by atoms with van der Waals surface area (Å²) in [6.45, 7) is 11.2. The van der Waals surface area contributed by atoms with Gasteiger partial charge >= 0.3 is 12.2 Å². The van der Waals surface area contributed by atoms with Crippen molar-refractivity contribution in [1.29, 1.82) is 0 Å². The van der Waals surface area contributed by atoms with Gasteiger partial charge in [-0.05, 0) is 59.9 Å². The highest BCUT2D eigenvalue weighted by atomic mass is 16.5. The minimum absolute atomic E-state index is 0.156. The summed E-state index contributed by atoms with van der Waals surface area (Å²) in [6, 6.07) is 12.3. The third-order valence-corrected chi connectivity index (χ3v) is 8.11. The number of aromatic amines is 2. The Morgan fingerprint density at radius 1 is 0.843 bits per heavy atom. The van der Waals surface area contributed by atoms with Crippen LogP contribution in [0.25, 0.3) is 33.7 Å². The Balaban J connectivity index is 1.48. The Labute approximate surface area is 297 Å². The van der Waals surface area contributed by atoms with Crippen LogP contribution in [0.3, 0.4) is 0 Å². The van der Waals surface area contributed by atoms with Gasteiger partial charge in [-0.1, -0.05) is 50.8 Å². The SMILES string of the molecule is C=C/C(=C\c1nc(CN(CCC)C(=O)CNC(=O)OC)[nH]c1C)c1ccc2cc(-c3cnc(CN(CCC)C(=O)CNC(=O)OC)[nH]3)ccc2c1. The Bertz CT molecular complexity index is 1890. The second-order valence-corrected chi connectivity index (χ2v) is 11.8. The first-order valence-electron chi connectivity index (χ1n) is 16.8. The first-order valence-corrected chi connectivity index (χ1v) is 16.8. The van der Waals surface area contributed by atoms with Gasteiger partial charge in [-0.25, -0.2) is 19.6 Å². The molecule has 270 valence electrons. The number of methoxy groups -OCH3 is 2. The van der Waals surface area contributed by atoms with Crippen LogP contribution in [0.1, 0.15) is 55.3 Å². The monoisotopic (exact) mass is 698 g/mol. The second kappa shape index (κ2) is 18.2. The molecule has 0 aliphatic heterocycles. The Hall–Kier alpha value is -5.92. The van der Waals surface area contributed by atoms with Crippen molar-refractivity contribution in [3.05, 3.63) is 83.9 Å². The van der Waals surface area contributed by atoms with E-state index in [-0.39, 0.29) is 38.0 Å². The first kappa shape index (κ1) is 37.9. The van der Waals surface area contributed by atoms with E-state index in [1.807, 2.05) is 45.0 Å². The highest BCUT2D eigenvalue weighted by Crippen LogP contribution is 2.28. The van der Waals surface area contributed by atoms with Gasteiger partial charge in [0.05, 0.1) is 44.9 Å². The molecule has 0 saturated carbocycles. The fraction of sp³-hybridized carbons (Fsp3) is 0.351. The molecule has 4 aromatic rings. The van der Waals surface area contributed by atoms with Gasteiger partial charge < -0.3 is 39.9 Å². The number of carbonyl (C=O) groups is 4. The van der Waals surface area contributed by atoms with Gasteiger partial charge in [-0.3, -0.25) is 9.59 Å². The van der Waals surface area contributed by atoms with Crippen LogP contribution < -0.4 is 10.6 Å². The predicted octanol–water partition coefficient (Wildman–Crippen LogP) is 5.18. The van der Waals surface area contributed by atoms with Crippen LogP contribution in [0.15, 0.2) is 55.3 Å². The minimum Gasteiger partial charge on any atom is -0.453 e. The van der Waals surface area contributed by atoms with Gasteiger partial charge in [0.15, 0.2) is 0 Å². The van der Waals surface area contributed by atoms with E-state index in [1.54, 1.807) is 22.1 Å². The summed E-state index contributed by atoms with van der Waals surface area (Å²) in [5.74, 6) is 0.812. The van der Waals surface area contributed by atoms with Crippen molar-refractivity contribution in [1.82, 2.24) is 40.4 Å². The average Bonchev–Trinajstić information content (AvgIpc) is 3.75. The van der Waals surface area contributed by atoms with Crippen molar-refractivity contribution in [2.75, 3.05) is 40.4 Å². The van der Waals surface area contributed by atoms with Gasteiger partial charge in [0.25, 0.3) is 0 Å². The lowest BCUT2D eigenvalue weighted by molar-refractivity contribution is -0.131. The van der Waals surface area contributed by atoms with Crippen molar-refractivity contribution in [3.8, 4) is 11.3 Å². The molecule has 2 aromatic heterocycles. The molecule has 0 unspecified atom stereocenters. The van der Waals surface area contributed by atoms with Crippen molar-refractivity contribution in [2.24, 2.45) is 0 Å². The number of alkyl carbamates (subject to hydrolysis) is 2. The smallest absolute Gasteiger partial charge is 0.407 e. The maximum Gasteiger partial charge on any atom is 0.407 e. The Morgan fingerprint density at radius 2 is 1.43 bits per heavy atom. The van der Waals surface area contributed by atoms with Crippen LogP contribution in [-0.4, -0.2) is 94.1 Å². The predicted molar refractivity (Wildman–Crippen MR) is 195 cm³/mol. The number of amides is 4. The quantitative estimate of drug-likeness (QED) is 0.116. The number of hydrogen-bond acceptors (Lipinski definition) is 8. The van der Waals surface area contributed by atoms with Crippen LogP contribution in [-0.2, 0) is 32.2 Å². The number of aromatic nitrogens is 4. The molecule has 0 saturated heterocycles. The maximum atomic E-state index is 12.8. The van der Waals surface area contributed by atoms with Crippen molar-refractivity contribution in [2.45, 2.75) is 46.7 Å². The molecule has 4 amide bonds. The molecule has 4 rings (SSSR count). The molecule has 0 bridgehead atoms. The minimum atomic E-state index is -0.659. The van der Waals surface area contributed by atoms with E-state index in [9.17, 15) is 19.2 Å². The number of fused-ring (bicyclic) bond motifs is 1. The number of carbonyl (C=O) groups excluding carboxylic acids is 4. The van der Waals surface area contributed by atoms with Crippen LogP contribution in [0.2, 0.25) is 0 Å². The van der Waals surface area contributed by atoms with Crippen LogP contribution in [0.5, 0.6) is 0 Å². The molecule has 0 radical (unpaired) electrons. The standard InChI is InChI=1S/C37H46N8O6/c1-7-14-44(34(46)20-39-36(48)50-5)22-32-38-19-31(43-32)29-13-12-27-16-26(10-11-28(27)17-29)25(9-3)18-30-24(4)41-33(42-30)23-45(15-8-2)35(47)21-40-37(49)51-6/h9-13,16-19H,3,7-8,14-15,20-23H2,1-2,4-6H3,(H,38,43)(H,39,48)(H,40,49)(H,41,42)/b25-18+. The number of rotatable bonds is 16. The second-order valence-electron chi connectivity index (χ2n) is 11.8. The normalized spacial score (nSPS) is 11.2. The molecule has 2 aromatic carbocycles. The molecule has 51 heavy (non-hydrogen) atoms. The van der Waals surface area contributed by atoms with E-state index < -0.39 is 12.2 Å². The van der Waals surface area contributed by atoms with E-state index in [4.69, 9.17) is 4.98 Å². The summed E-state index contributed by atoms with van der Waals surface area (Å²) in [6.07, 6.45) is 5.70. The molecule has 2 heterocycles. The number of aryl methyl sites for hydroxylation is 1. The van der Waals surface area contributed by atoms with Gasteiger partial charge in [-0.15, -0.1) is 0 Å². The first-order chi connectivity index (χ1) is 24.6. The number of ether oxygens (including phenoxy) is 2. The average molecular weight is 699 g/mol. The summed E-state index contributed by atoms with van der Waals surface area (Å²) in [5.41, 5.74) is 5.22. The molecule has 14 nitrogen and oxygen atoms in total. The maximum absolute atomic E-state index is 12.8. The number of allylic oxidation sites excluding steroid dienone is 2. The molecule has 0 atom stereocenters. The molecule has 14 heteroatoms. The lowest BCUT2D eigenvalue weighted by atomic mass is 9.98. The van der Waals surface area contributed by atoms with E-state index in [0.717, 1.165) is 57.4 Å². The zero-order chi connectivity index (χ0) is 36.9. The Kier molecular flexibility index (Phi) is 13.5. The molecule has 0 fully saturated rings. The fourth-order valence-electron chi connectivity index (χ4n) is 5.49. The van der Waals surface area contributed by atoms with E-state index in [2.05, 4.69) is 59.8 Å². The number of hydrogen-bond donors (Lipinski definition) is 4. The van der Waals surface area contributed by atoms with Crippen molar-refractivity contribution < 1.29 is 28.7 Å². The summed E-state index contributed by atoms with van der Waals surface area (Å²) >= 11 is 0. The topological polar surface area (TPSA) is 175 Å². The Morgan fingerprint density at radius 3 is 2.02 bits per heavy atom. The highest BCUT2D eigenvalue weighted by Gasteiger charge is 2.18. The molecule has 0 spiro atoms. The zero-order valence-electron chi connectivity index (χ0n) is 29.8. The van der Waals surface area contributed by atoms with Crippen LogP contribution in [0.4, 0.5) is 9.59 Å². The third kappa shape index (κ3) is 10.3. The molecule has 0 aliphatic rings. The molecular formula is C37H46N8O6. The number of benzene rings is 2. The number of nitrogens with one attached hydrogen (secondary N) is 4. The highest BCUT2D eigenvalue weighted by molar-refractivity contribution is 5.94. The summed E-state index contributed by atoms with van der Waals surface area (Å²) in [5, 5.41) is 6.95. The third-order valence-electron chi connectivity index (χ3n) is 8.11. The summed E-state index contributed by atoms with van der Waals surface area (Å²) in [7, 11) is 2.50. The number of H-pyrrole nitrogens is 2. The van der Waals surface area contributed by atoms with Gasteiger partial charge in [0.2, 0.25) is 11.8 Å². The number of imidazole rings is 2. The molecular weight excluding hydrogens is 652 g/mol.